The number of anilines is 1. The molecule has 0 heterocycles. The van der Waals surface area contributed by atoms with Gasteiger partial charge >= 0.3 is 5.97 Å². The molecule has 1 aromatic carbocycles. The molecule has 0 spiro atoms. The van der Waals surface area contributed by atoms with Gasteiger partial charge in [0.1, 0.15) is 0 Å². The first kappa shape index (κ1) is 20.4. The van der Waals surface area contributed by atoms with Gasteiger partial charge in [-0.3, -0.25) is 14.4 Å². The zero-order chi connectivity index (χ0) is 20.1. The second-order valence-corrected chi connectivity index (χ2v) is 8.30. The molecule has 0 radical (unpaired) electrons. The lowest BCUT2D eigenvalue weighted by molar-refractivity contribution is -0.152. The van der Waals surface area contributed by atoms with Crippen molar-refractivity contribution in [1.29, 1.82) is 0 Å². The highest BCUT2D eigenvalue weighted by Gasteiger charge is 2.40. The highest BCUT2D eigenvalue weighted by atomic mass is 16.4. The van der Waals surface area contributed by atoms with E-state index in [1.54, 1.807) is 6.92 Å². The van der Waals surface area contributed by atoms with E-state index >= 15 is 0 Å². The van der Waals surface area contributed by atoms with Crippen LogP contribution >= 0.6 is 0 Å². The zero-order valence-corrected chi connectivity index (χ0v) is 16.6. The van der Waals surface area contributed by atoms with Crippen LogP contribution in [0.3, 0.4) is 0 Å². The standard InChI is InChI=1S/C22H30N2O4/c1-16(25)24(19-10-11-19)15-17-6-8-18(9-7-17)23-20(26)14-22(21(27)28)12-4-2-3-5-13-22/h6-9,19H,2-5,10-15H2,1H3,(H,23,26)(H,27,28). The summed E-state index contributed by atoms with van der Waals surface area (Å²) in [5.41, 5.74) is 0.738. The van der Waals surface area contributed by atoms with Crippen LogP contribution in [0.25, 0.3) is 0 Å². The van der Waals surface area contributed by atoms with Gasteiger partial charge in [0.2, 0.25) is 11.8 Å². The van der Waals surface area contributed by atoms with Crippen LogP contribution in [-0.4, -0.2) is 33.8 Å². The van der Waals surface area contributed by atoms with Gasteiger partial charge in [0.25, 0.3) is 0 Å². The van der Waals surface area contributed by atoms with Crippen molar-refractivity contribution in [2.24, 2.45) is 5.41 Å². The van der Waals surface area contributed by atoms with Gasteiger partial charge in [-0.25, -0.2) is 0 Å². The van der Waals surface area contributed by atoms with E-state index < -0.39 is 11.4 Å². The van der Waals surface area contributed by atoms with Crippen molar-refractivity contribution in [3.63, 3.8) is 0 Å². The Morgan fingerprint density at radius 3 is 2.18 bits per heavy atom. The fraction of sp³-hybridized carbons (Fsp3) is 0.591. The summed E-state index contributed by atoms with van der Waals surface area (Å²) in [5.74, 6) is -1.02. The number of carboxylic acids is 1. The third-order valence-corrected chi connectivity index (χ3v) is 6.00. The summed E-state index contributed by atoms with van der Waals surface area (Å²) in [6.07, 6.45) is 7.09. The Kier molecular flexibility index (Phi) is 6.37. The van der Waals surface area contributed by atoms with E-state index in [1.807, 2.05) is 29.2 Å². The van der Waals surface area contributed by atoms with Crippen molar-refractivity contribution in [3.8, 4) is 0 Å². The summed E-state index contributed by atoms with van der Waals surface area (Å²) in [6.45, 7) is 2.18. The van der Waals surface area contributed by atoms with Crippen molar-refractivity contribution >= 4 is 23.5 Å². The van der Waals surface area contributed by atoms with E-state index in [2.05, 4.69) is 5.32 Å². The van der Waals surface area contributed by atoms with Gasteiger partial charge in [-0.1, -0.05) is 37.8 Å². The van der Waals surface area contributed by atoms with E-state index in [1.165, 1.54) is 0 Å². The molecule has 0 unspecified atom stereocenters. The molecule has 2 aliphatic rings. The summed E-state index contributed by atoms with van der Waals surface area (Å²) in [4.78, 5) is 38.0. The van der Waals surface area contributed by atoms with Crippen LogP contribution in [0.1, 0.15) is 70.3 Å². The van der Waals surface area contributed by atoms with Crippen LogP contribution in [0, 0.1) is 5.41 Å². The molecule has 1 aromatic rings. The summed E-state index contributed by atoms with van der Waals surface area (Å²) in [5, 5.41) is 12.6. The second-order valence-electron chi connectivity index (χ2n) is 8.30. The Balaban J connectivity index is 1.59. The number of nitrogens with one attached hydrogen (secondary N) is 1. The molecule has 0 saturated heterocycles. The van der Waals surface area contributed by atoms with Crippen LogP contribution in [0.2, 0.25) is 0 Å². The molecule has 0 bridgehead atoms. The number of amides is 2. The fourth-order valence-electron chi connectivity index (χ4n) is 4.16. The number of benzene rings is 1. The number of carboxylic acid groups (broad SMARTS) is 1. The lowest BCUT2D eigenvalue weighted by Gasteiger charge is -2.27. The molecule has 0 aromatic heterocycles. The monoisotopic (exact) mass is 386 g/mol. The molecule has 0 aliphatic heterocycles. The van der Waals surface area contributed by atoms with Crippen LogP contribution < -0.4 is 5.32 Å². The minimum absolute atomic E-state index is 0.0177. The number of nitrogens with zero attached hydrogens (tertiary/aromatic N) is 1. The maximum absolute atomic E-state index is 12.5. The first-order chi connectivity index (χ1) is 13.4. The minimum Gasteiger partial charge on any atom is -0.481 e. The fourth-order valence-corrected chi connectivity index (χ4v) is 4.16. The molecule has 28 heavy (non-hydrogen) atoms. The van der Waals surface area contributed by atoms with E-state index in [0.29, 0.717) is 31.1 Å². The number of rotatable bonds is 7. The van der Waals surface area contributed by atoms with E-state index in [4.69, 9.17) is 0 Å². The van der Waals surface area contributed by atoms with E-state index in [0.717, 1.165) is 44.1 Å². The van der Waals surface area contributed by atoms with E-state index in [-0.39, 0.29) is 18.2 Å². The highest BCUT2D eigenvalue weighted by Crippen LogP contribution is 2.38. The van der Waals surface area contributed by atoms with Gasteiger partial charge in [-0.05, 0) is 43.4 Å². The zero-order valence-electron chi connectivity index (χ0n) is 16.6. The minimum atomic E-state index is -0.938. The SMILES string of the molecule is CC(=O)N(Cc1ccc(NC(=O)CC2(C(=O)O)CCCCCC2)cc1)C1CC1. The molecule has 2 aliphatic carbocycles. The maximum atomic E-state index is 12.5. The summed E-state index contributed by atoms with van der Waals surface area (Å²) < 4.78 is 0. The van der Waals surface area contributed by atoms with Crippen LogP contribution in [0.15, 0.2) is 24.3 Å². The normalized spacial score (nSPS) is 18.8. The summed E-state index contributed by atoms with van der Waals surface area (Å²) in [6, 6.07) is 7.82. The summed E-state index contributed by atoms with van der Waals surface area (Å²) >= 11 is 0. The van der Waals surface area contributed by atoms with Crippen LogP contribution in [0.4, 0.5) is 5.69 Å². The Morgan fingerprint density at radius 1 is 1.07 bits per heavy atom. The van der Waals surface area contributed by atoms with Crippen molar-refractivity contribution in [2.45, 2.75) is 77.3 Å². The molecule has 152 valence electrons. The molecule has 2 saturated carbocycles. The van der Waals surface area contributed by atoms with Crippen molar-refractivity contribution < 1.29 is 19.5 Å². The molecule has 2 fully saturated rings. The van der Waals surface area contributed by atoms with Crippen LogP contribution in [0.5, 0.6) is 0 Å². The largest absolute Gasteiger partial charge is 0.481 e. The molecule has 2 amide bonds. The van der Waals surface area contributed by atoms with Crippen molar-refractivity contribution in [2.75, 3.05) is 5.32 Å². The van der Waals surface area contributed by atoms with Gasteiger partial charge in [0.15, 0.2) is 0 Å². The third-order valence-electron chi connectivity index (χ3n) is 6.00. The number of hydrogen-bond acceptors (Lipinski definition) is 3. The Morgan fingerprint density at radius 2 is 1.68 bits per heavy atom. The number of hydrogen-bond donors (Lipinski definition) is 2. The Bertz CT molecular complexity index is 717. The van der Waals surface area contributed by atoms with Crippen LogP contribution in [-0.2, 0) is 20.9 Å². The van der Waals surface area contributed by atoms with Gasteiger partial charge in [-0.2, -0.15) is 0 Å². The average Bonchev–Trinajstić information content (AvgIpc) is 3.48. The molecule has 2 N–H and O–H groups in total. The lowest BCUT2D eigenvalue weighted by Crippen LogP contribution is -2.35. The molecule has 0 atom stereocenters. The molecular formula is C22H30N2O4. The topological polar surface area (TPSA) is 86.7 Å². The molecule has 3 rings (SSSR count). The van der Waals surface area contributed by atoms with Crippen molar-refractivity contribution in [1.82, 2.24) is 4.90 Å². The Hall–Kier alpha value is -2.37. The smallest absolute Gasteiger partial charge is 0.310 e. The van der Waals surface area contributed by atoms with Gasteiger partial charge < -0.3 is 15.3 Å². The first-order valence-corrected chi connectivity index (χ1v) is 10.3. The Labute approximate surface area is 166 Å². The third kappa shape index (κ3) is 5.12. The van der Waals surface area contributed by atoms with Gasteiger partial charge in [0.05, 0.1) is 5.41 Å². The lowest BCUT2D eigenvalue weighted by atomic mass is 9.77. The molecular weight excluding hydrogens is 356 g/mol. The molecule has 6 heteroatoms. The molecule has 6 nitrogen and oxygen atoms in total. The van der Waals surface area contributed by atoms with Crippen molar-refractivity contribution in [3.05, 3.63) is 29.8 Å². The number of carbonyl (C=O) groups is 3. The number of carbonyl (C=O) groups excluding carboxylic acids is 2. The maximum Gasteiger partial charge on any atom is 0.310 e. The predicted octanol–water partition coefficient (Wildman–Crippen LogP) is 3.95. The van der Waals surface area contributed by atoms with Gasteiger partial charge in [0, 0.05) is 31.6 Å². The second kappa shape index (κ2) is 8.76. The highest BCUT2D eigenvalue weighted by molar-refractivity contribution is 5.94. The summed E-state index contributed by atoms with van der Waals surface area (Å²) in [7, 11) is 0. The average molecular weight is 386 g/mol. The quantitative estimate of drug-likeness (QED) is 0.695. The first-order valence-electron chi connectivity index (χ1n) is 10.3. The van der Waals surface area contributed by atoms with Gasteiger partial charge in [-0.15, -0.1) is 0 Å². The predicted molar refractivity (Wildman–Crippen MR) is 107 cm³/mol. The number of aliphatic carboxylic acids is 1. The van der Waals surface area contributed by atoms with E-state index in [9.17, 15) is 19.5 Å².